The molecule has 1 heterocycles. The van der Waals surface area contributed by atoms with Crippen molar-refractivity contribution in [3.8, 4) is 0 Å². The topological polar surface area (TPSA) is 53.1 Å². The van der Waals surface area contributed by atoms with Crippen molar-refractivity contribution in [3.05, 3.63) is 71.0 Å². The third-order valence-electron chi connectivity index (χ3n) is 4.49. The van der Waals surface area contributed by atoms with E-state index in [0.29, 0.717) is 12.4 Å². The fourth-order valence-corrected chi connectivity index (χ4v) is 3.14. The van der Waals surface area contributed by atoms with E-state index in [2.05, 4.69) is 63.6 Å². The standard InChI is InChI=1S/C22H26ClN5/c1-4-28(5-2)20-12-10-19(11-13-20)27-22-14-21(25-16(3)26-22)24-15-17-6-8-18(23)9-7-17/h6-14H,4-5,15H2,1-3H3,(H2,24,25,26,27). The van der Waals surface area contributed by atoms with Gasteiger partial charge < -0.3 is 15.5 Å². The van der Waals surface area contributed by atoms with Gasteiger partial charge in [0, 0.05) is 42.1 Å². The maximum absolute atomic E-state index is 5.94. The largest absolute Gasteiger partial charge is 0.372 e. The molecule has 2 aromatic carbocycles. The van der Waals surface area contributed by atoms with Crippen molar-refractivity contribution in [2.24, 2.45) is 0 Å². The van der Waals surface area contributed by atoms with Gasteiger partial charge in [-0.15, -0.1) is 0 Å². The highest BCUT2D eigenvalue weighted by Gasteiger charge is 2.05. The number of rotatable bonds is 8. The van der Waals surface area contributed by atoms with Crippen molar-refractivity contribution in [1.82, 2.24) is 9.97 Å². The van der Waals surface area contributed by atoms with E-state index in [0.717, 1.165) is 41.0 Å². The number of hydrogen-bond acceptors (Lipinski definition) is 5. The van der Waals surface area contributed by atoms with E-state index < -0.39 is 0 Å². The summed E-state index contributed by atoms with van der Waals surface area (Å²) in [6.45, 7) is 8.89. The van der Waals surface area contributed by atoms with Gasteiger partial charge in [-0.2, -0.15) is 0 Å². The molecule has 0 spiro atoms. The van der Waals surface area contributed by atoms with Gasteiger partial charge in [-0.1, -0.05) is 23.7 Å². The van der Waals surface area contributed by atoms with Gasteiger partial charge in [0.15, 0.2) is 0 Å². The fourth-order valence-electron chi connectivity index (χ4n) is 3.01. The number of aryl methyl sites for hydroxylation is 1. The molecule has 0 atom stereocenters. The van der Waals surface area contributed by atoms with Crippen molar-refractivity contribution in [1.29, 1.82) is 0 Å². The zero-order chi connectivity index (χ0) is 19.9. The molecule has 6 heteroatoms. The number of nitrogens with one attached hydrogen (secondary N) is 2. The van der Waals surface area contributed by atoms with Crippen molar-refractivity contribution in [3.63, 3.8) is 0 Å². The van der Waals surface area contributed by atoms with Gasteiger partial charge in [0.25, 0.3) is 0 Å². The Hall–Kier alpha value is -2.79. The Bertz CT molecular complexity index is 890. The molecule has 0 saturated carbocycles. The van der Waals surface area contributed by atoms with Crippen LogP contribution in [0.3, 0.4) is 0 Å². The molecular weight excluding hydrogens is 370 g/mol. The van der Waals surface area contributed by atoms with E-state index in [1.54, 1.807) is 0 Å². The first kappa shape index (κ1) is 20.0. The zero-order valence-corrected chi connectivity index (χ0v) is 17.3. The second-order valence-electron chi connectivity index (χ2n) is 6.51. The molecule has 0 radical (unpaired) electrons. The maximum atomic E-state index is 5.94. The van der Waals surface area contributed by atoms with E-state index >= 15 is 0 Å². The predicted octanol–water partition coefficient (Wildman–Crippen LogP) is 5.64. The van der Waals surface area contributed by atoms with Crippen LogP contribution in [0.15, 0.2) is 54.6 Å². The summed E-state index contributed by atoms with van der Waals surface area (Å²) in [5.74, 6) is 2.26. The van der Waals surface area contributed by atoms with Gasteiger partial charge in [-0.05, 0) is 62.7 Å². The summed E-state index contributed by atoms with van der Waals surface area (Å²) in [7, 11) is 0. The van der Waals surface area contributed by atoms with E-state index in [1.165, 1.54) is 5.69 Å². The van der Waals surface area contributed by atoms with Crippen molar-refractivity contribution >= 4 is 34.6 Å². The highest BCUT2D eigenvalue weighted by molar-refractivity contribution is 6.30. The van der Waals surface area contributed by atoms with E-state index in [4.69, 9.17) is 11.6 Å². The molecule has 5 nitrogen and oxygen atoms in total. The Morgan fingerprint density at radius 3 is 2.18 bits per heavy atom. The minimum Gasteiger partial charge on any atom is -0.372 e. The van der Waals surface area contributed by atoms with Gasteiger partial charge in [-0.3, -0.25) is 0 Å². The van der Waals surface area contributed by atoms with Crippen molar-refractivity contribution in [2.75, 3.05) is 28.6 Å². The quantitative estimate of drug-likeness (QED) is 0.516. The summed E-state index contributed by atoms with van der Waals surface area (Å²) < 4.78 is 0. The number of benzene rings is 2. The number of hydrogen-bond donors (Lipinski definition) is 2. The number of nitrogens with zero attached hydrogens (tertiary/aromatic N) is 3. The number of anilines is 4. The lowest BCUT2D eigenvalue weighted by Gasteiger charge is -2.21. The first-order valence-electron chi connectivity index (χ1n) is 9.53. The van der Waals surface area contributed by atoms with E-state index in [1.807, 2.05) is 37.3 Å². The van der Waals surface area contributed by atoms with Gasteiger partial charge in [0.2, 0.25) is 0 Å². The van der Waals surface area contributed by atoms with Crippen LogP contribution in [0, 0.1) is 6.92 Å². The average Bonchev–Trinajstić information content (AvgIpc) is 2.69. The number of halogens is 1. The third kappa shape index (κ3) is 5.36. The second-order valence-corrected chi connectivity index (χ2v) is 6.95. The fraction of sp³-hybridized carbons (Fsp3) is 0.273. The summed E-state index contributed by atoms with van der Waals surface area (Å²) in [5.41, 5.74) is 3.36. The molecule has 0 aliphatic rings. The van der Waals surface area contributed by atoms with Crippen LogP contribution < -0.4 is 15.5 Å². The summed E-state index contributed by atoms with van der Waals surface area (Å²) in [5, 5.41) is 7.45. The van der Waals surface area contributed by atoms with Crippen LogP contribution in [-0.4, -0.2) is 23.1 Å². The lowest BCUT2D eigenvalue weighted by Crippen LogP contribution is -2.21. The van der Waals surface area contributed by atoms with Gasteiger partial charge in [-0.25, -0.2) is 9.97 Å². The van der Waals surface area contributed by atoms with Crippen LogP contribution in [-0.2, 0) is 6.54 Å². The molecule has 0 bridgehead atoms. The lowest BCUT2D eigenvalue weighted by molar-refractivity contribution is 0.866. The van der Waals surface area contributed by atoms with Crippen LogP contribution in [0.2, 0.25) is 5.02 Å². The molecule has 1 aromatic heterocycles. The first-order chi connectivity index (χ1) is 13.6. The summed E-state index contributed by atoms with van der Waals surface area (Å²) >= 11 is 5.94. The molecule has 28 heavy (non-hydrogen) atoms. The highest BCUT2D eigenvalue weighted by Crippen LogP contribution is 2.22. The summed E-state index contributed by atoms with van der Waals surface area (Å²) in [4.78, 5) is 11.3. The van der Waals surface area contributed by atoms with Crippen LogP contribution in [0.5, 0.6) is 0 Å². The SMILES string of the molecule is CCN(CC)c1ccc(Nc2cc(NCc3ccc(Cl)cc3)nc(C)n2)cc1. The van der Waals surface area contributed by atoms with Crippen LogP contribution >= 0.6 is 11.6 Å². The highest BCUT2D eigenvalue weighted by atomic mass is 35.5. The van der Waals surface area contributed by atoms with Crippen molar-refractivity contribution < 1.29 is 0 Å². The van der Waals surface area contributed by atoms with E-state index in [9.17, 15) is 0 Å². The smallest absolute Gasteiger partial charge is 0.136 e. The van der Waals surface area contributed by atoms with Crippen molar-refractivity contribution in [2.45, 2.75) is 27.3 Å². The molecule has 0 amide bonds. The second kappa shape index (κ2) is 9.42. The molecule has 2 N–H and O–H groups in total. The molecule has 0 fully saturated rings. The first-order valence-corrected chi connectivity index (χ1v) is 9.91. The Morgan fingerprint density at radius 1 is 0.893 bits per heavy atom. The van der Waals surface area contributed by atoms with E-state index in [-0.39, 0.29) is 0 Å². The van der Waals surface area contributed by atoms with Crippen LogP contribution in [0.4, 0.5) is 23.0 Å². The molecular formula is C22H26ClN5. The van der Waals surface area contributed by atoms with Gasteiger partial charge in [0.1, 0.15) is 17.5 Å². The monoisotopic (exact) mass is 395 g/mol. The van der Waals surface area contributed by atoms with Gasteiger partial charge >= 0.3 is 0 Å². The molecule has 0 aliphatic carbocycles. The van der Waals surface area contributed by atoms with Crippen LogP contribution in [0.25, 0.3) is 0 Å². The third-order valence-corrected chi connectivity index (χ3v) is 4.75. The molecule has 0 aliphatic heterocycles. The molecule has 146 valence electrons. The predicted molar refractivity (Wildman–Crippen MR) is 119 cm³/mol. The Morgan fingerprint density at radius 2 is 1.54 bits per heavy atom. The molecule has 0 saturated heterocycles. The molecule has 3 aromatic rings. The minimum absolute atomic E-state index is 0.672. The maximum Gasteiger partial charge on any atom is 0.136 e. The normalized spacial score (nSPS) is 10.6. The average molecular weight is 396 g/mol. The molecule has 3 rings (SSSR count). The summed E-state index contributed by atoms with van der Waals surface area (Å²) in [6, 6.07) is 18.1. The Labute approximate surface area is 171 Å². The minimum atomic E-state index is 0.672. The summed E-state index contributed by atoms with van der Waals surface area (Å²) in [6.07, 6.45) is 0. The zero-order valence-electron chi connectivity index (χ0n) is 16.5. The number of aromatic nitrogens is 2. The lowest BCUT2D eigenvalue weighted by atomic mass is 10.2. The van der Waals surface area contributed by atoms with Gasteiger partial charge in [0.05, 0.1) is 0 Å². The van der Waals surface area contributed by atoms with Crippen LogP contribution in [0.1, 0.15) is 25.2 Å². The Kier molecular flexibility index (Phi) is 6.71. The Balaban J connectivity index is 1.68. The molecule has 0 unspecified atom stereocenters.